The summed E-state index contributed by atoms with van der Waals surface area (Å²) in [5.74, 6) is -2.28. The van der Waals surface area contributed by atoms with Crippen LogP contribution < -0.4 is 0 Å². The van der Waals surface area contributed by atoms with Gasteiger partial charge in [-0.15, -0.1) is 0 Å². The zero-order valence-corrected chi connectivity index (χ0v) is 6.67. The molecule has 0 aromatic heterocycles. The average Bonchev–Trinajstić information content (AvgIpc) is 2.16. The Hall–Kier alpha value is -2.45. The Balaban J connectivity index is 3.76. The monoisotopic (exact) mass is 189 g/mol. The highest BCUT2D eigenvalue weighted by molar-refractivity contribution is 5.56. The summed E-state index contributed by atoms with van der Waals surface area (Å²) in [6.07, 6.45) is 0. The smallest absolute Gasteiger partial charge is 0.145 e. The van der Waals surface area contributed by atoms with Crippen molar-refractivity contribution in [2.45, 2.75) is 0 Å². The minimum Gasteiger partial charge on any atom is -0.205 e. The Bertz CT molecular complexity index is 477. The summed E-state index contributed by atoms with van der Waals surface area (Å²) in [7, 11) is 0. The molecule has 1 aromatic carbocycles. The Kier molecular flexibility index (Phi) is 2.42. The third-order valence-electron chi connectivity index (χ3n) is 1.57. The fourth-order valence-electron chi connectivity index (χ4n) is 0.950. The first-order valence-electron chi connectivity index (χ1n) is 3.38. The van der Waals surface area contributed by atoms with Gasteiger partial charge in [0.1, 0.15) is 41.0 Å². The highest BCUT2D eigenvalue weighted by Crippen LogP contribution is 2.19. The Morgan fingerprint density at radius 2 is 1.14 bits per heavy atom. The fraction of sp³-hybridized carbons (Fsp3) is 0. The predicted octanol–water partition coefficient (Wildman–Crippen LogP) is 1.58. The van der Waals surface area contributed by atoms with Crippen LogP contribution in [0.5, 0.6) is 0 Å². The zero-order chi connectivity index (χ0) is 10.7. The SMILES string of the molecule is N#Cc1c(F)cc(F)c(C#N)c1C#N. The van der Waals surface area contributed by atoms with Gasteiger partial charge in [0.2, 0.25) is 0 Å². The normalized spacial score (nSPS) is 8.50. The average molecular weight is 189 g/mol. The highest BCUT2D eigenvalue weighted by Gasteiger charge is 2.17. The number of nitrogens with zero attached hydrogens (tertiary/aromatic N) is 3. The van der Waals surface area contributed by atoms with E-state index in [1.54, 1.807) is 0 Å². The lowest BCUT2D eigenvalue weighted by Gasteiger charge is -1.99. The molecule has 0 aliphatic rings. The van der Waals surface area contributed by atoms with Crippen molar-refractivity contribution in [2.24, 2.45) is 0 Å². The molecule has 0 atom stereocenters. The van der Waals surface area contributed by atoms with Gasteiger partial charge in [-0.25, -0.2) is 8.78 Å². The van der Waals surface area contributed by atoms with Gasteiger partial charge < -0.3 is 0 Å². The molecule has 0 heterocycles. The summed E-state index contributed by atoms with van der Waals surface area (Å²) < 4.78 is 25.8. The predicted molar refractivity (Wildman–Crippen MR) is 40.5 cm³/mol. The van der Waals surface area contributed by atoms with E-state index in [2.05, 4.69) is 0 Å². The van der Waals surface area contributed by atoms with Crippen molar-refractivity contribution in [1.82, 2.24) is 0 Å². The van der Waals surface area contributed by atoms with Gasteiger partial charge in [-0.3, -0.25) is 0 Å². The molecule has 1 rings (SSSR count). The van der Waals surface area contributed by atoms with E-state index in [0.717, 1.165) is 0 Å². The second-order valence-corrected chi connectivity index (χ2v) is 2.30. The second kappa shape index (κ2) is 3.51. The largest absolute Gasteiger partial charge is 0.205 e. The number of hydrogen-bond donors (Lipinski definition) is 0. The van der Waals surface area contributed by atoms with Crippen LogP contribution in [0.15, 0.2) is 6.07 Å². The molecule has 0 unspecified atom stereocenters. The van der Waals surface area contributed by atoms with Crippen molar-refractivity contribution in [1.29, 1.82) is 15.8 Å². The third kappa shape index (κ3) is 1.26. The minimum atomic E-state index is -1.14. The number of benzene rings is 1. The van der Waals surface area contributed by atoms with Gasteiger partial charge in [0.15, 0.2) is 0 Å². The molecule has 1 aromatic rings. The topological polar surface area (TPSA) is 71.4 Å². The van der Waals surface area contributed by atoms with Gasteiger partial charge in [-0.1, -0.05) is 0 Å². The first-order valence-corrected chi connectivity index (χ1v) is 3.38. The molecule has 0 N–H and O–H groups in total. The van der Waals surface area contributed by atoms with E-state index < -0.39 is 28.3 Å². The van der Waals surface area contributed by atoms with Crippen molar-refractivity contribution >= 4 is 0 Å². The quantitative estimate of drug-likeness (QED) is 0.621. The van der Waals surface area contributed by atoms with E-state index in [0.29, 0.717) is 6.07 Å². The molecule has 0 saturated heterocycles. The molecule has 0 aliphatic carbocycles. The number of rotatable bonds is 0. The van der Waals surface area contributed by atoms with Gasteiger partial charge in [0.25, 0.3) is 0 Å². The maximum absolute atomic E-state index is 12.9. The van der Waals surface area contributed by atoms with E-state index in [1.807, 2.05) is 0 Å². The third-order valence-corrected chi connectivity index (χ3v) is 1.57. The van der Waals surface area contributed by atoms with Crippen LogP contribution in [-0.2, 0) is 0 Å². The van der Waals surface area contributed by atoms with Crippen LogP contribution in [0.2, 0.25) is 0 Å². The number of halogens is 2. The van der Waals surface area contributed by atoms with Crippen LogP contribution in [0.3, 0.4) is 0 Å². The maximum atomic E-state index is 12.9. The van der Waals surface area contributed by atoms with Crippen LogP contribution in [0, 0.1) is 45.6 Å². The van der Waals surface area contributed by atoms with E-state index in [9.17, 15) is 8.78 Å². The summed E-state index contributed by atoms with van der Waals surface area (Å²) >= 11 is 0. The molecule has 0 spiro atoms. The van der Waals surface area contributed by atoms with Gasteiger partial charge in [0.05, 0.1) is 5.56 Å². The lowest BCUT2D eigenvalue weighted by Crippen LogP contribution is -1.98. The van der Waals surface area contributed by atoms with Crippen molar-refractivity contribution < 1.29 is 8.78 Å². The summed E-state index contributed by atoms with van der Waals surface area (Å²) in [5, 5.41) is 25.5. The second-order valence-electron chi connectivity index (χ2n) is 2.30. The van der Waals surface area contributed by atoms with Crippen LogP contribution in [-0.4, -0.2) is 0 Å². The molecular formula is C9HF2N3. The zero-order valence-electron chi connectivity index (χ0n) is 6.67. The maximum Gasteiger partial charge on any atom is 0.145 e. The summed E-state index contributed by atoms with van der Waals surface area (Å²) in [6.45, 7) is 0. The van der Waals surface area contributed by atoms with Crippen molar-refractivity contribution in [3.8, 4) is 18.2 Å². The standard InChI is InChI=1S/C9HF2N3/c10-8-1-9(11)7(4-14)5(2-12)6(8)3-13/h1H. The summed E-state index contributed by atoms with van der Waals surface area (Å²) in [4.78, 5) is 0. The van der Waals surface area contributed by atoms with Crippen LogP contribution in [0.4, 0.5) is 8.78 Å². The fourth-order valence-corrected chi connectivity index (χ4v) is 0.950. The van der Waals surface area contributed by atoms with E-state index in [1.165, 1.54) is 18.2 Å². The Morgan fingerprint density at radius 3 is 1.43 bits per heavy atom. The molecule has 14 heavy (non-hydrogen) atoms. The van der Waals surface area contributed by atoms with Crippen LogP contribution in [0.25, 0.3) is 0 Å². The molecule has 5 heteroatoms. The lowest BCUT2D eigenvalue weighted by molar-refractivity contribution is 0.577. The van der Waals surface area contributed by atoms with Gasteiger partial charge in [-0.2, -0.15) is 15.8 Å². The van der Waals surface area contributed by atoms with Crippen molar-refractivity contribution in [3.05, 3.63) is 34.4 Å². The van der Waals surface area contributed by atoms with E-state index >= 15 is 0 Å². The van der Waals surface area contributed by atoms with E-state index in [4.69, 9.17) is 15.8 Å². The summed E-state index contributed by atoms with van der Waals surface area (Å²) in [5.41, 5.74) is -1.77. The van der Waals surface area contributed by atoms with Gasteiger partial charge in [0, 0.05) is 6.07 Å². The molecule has 0 amide bonds. The van der Waals surface area contributed by atoms with Crippen molar-refractivity contribution in [2.75, 3.05) is 0 Å². The molecular weight excluding hydrogens is 188 g/mol. The molecule has 0 bridgehead atoms. The molecule has 0 fully saturated rings. The minimum absolute atomic E-state index is 0.415. The Morgan fingerprint density at radius 1 is 0.786 bits per heavy atom. The molecule has 0 saturated carbocycles. The van der Waals surface area contributed by atoms with Gasteiger partial charge in [-0.05, 0) is 0 Å². The molecule has 3 nitrogen and oxygen atoms in total. The molecule has 0 radical (unpaired) electrons. The molecule has 66 valence electrons. The van der Waals surface area contributed by atoms with Gasteiger partial charge >= 0.3 is 0 Å². The van der Waals surface area contributed by atoms with Crippen LogP contribution in [0.1, 0.15) is 16.7 Å². The Labute approximate surface area is 78.0 Å². The van der Waals surface area contributed by atoms with E-state index in [-0.39, 0.29) is 0 Å². The lowest BCUT2D eigenvalue weighted by atomic mass is 10.0. The van der Waals surface area contributed by atoms with Crippen molar-refractivity contribution in [3.63, 3.8) is 0 Å². The number of nitriles is 3. The number of hydrogen-bond acceptors (Lipinski definition) is 3. The first kappa shape index (κ1) is 9.64. The summed E-state index contributed by atoms with van der Waals surface area (Å²) in [6, 6.07) is 4.64. The first-order chi connectivity index (χ1) is 6.65. The molecule has 0 aliphatic heterocycles. The van der Waals surface area contributed by atoms with Crippen LogP contribution >= 0.6 is 0 Å². The highest BCUT2D eigenvalue weighted by atomic mass is 19.1.